The summed E-state index contributed by atoms with van der Waals surface area (Å²) in [5, 5.41) is 8.09. The minimum absolute atomic E-state index is 0.0177. The highest BCUT2D eigenvalue weighted by Gasteiger charge is 2.38. The van der Waals surface area contributed by atoms with Crippen LogP contribution in [0.4, 0.5) is 4.79 Å². The maximum atomic E-state index is 12.9. The van der Waals surface area contributed by atoms with E-state index in [1.807, 2.05) is 12.1 Å². The zero-order valence-corrected chi connectivity index (χ0v) is 24.7. The van der Waals surface area contributed by atoms with Gasteiger partial charge in [0.25, 0.3) is 0 Å². The topological polar surface area (TPSA) is 91.7 Å². The number of alkyl carbamates (subject to hydrolysis) is 1. The predicted octanol–water partition coefficient (Wildman–Crippen LogP) is 6.47. The molecule has 1 heterocycles. The summed E-state index contributed by atoms with van der Waals surface area (Å²) in [6.45, 7) is 18.5. The van der Waals surface area contributed by atoms with Crippen molar-refractivity contribution in [3.8, 4) is 11.3 Å². The van der Waals surface area contributed by atoms with Gasteiger partial charge in [-0.25, -0.2) is 9.59 Å². The van der Waals surface area contributed by atoms with E-state index in [2.05, 4.69) is 39.2 Å². The number of carbonyl (C=O) groups excluding carboxylic acids is 2. The number of amides is 1. The molecule has 0 fully saturated rings. The largest absolute Gasteiger partial charge is 0.461 e. The summed E-state index contributed by atoms with van der Waals surface area (Å²) in [5.74, 6) is -0.507. The van der Waals surface area contributed by atoms with E-state index in [9.17, 15) is 9.59 Å². The van der Waals surface area contributed by atoms with E-state index < -0.39 is 32.0 Å². The van der Waals surface area contributed by atoms with Crippen molar-refractivity contribution >= 4 is 32.0 Å². The lowest BCUT2D eigenvalue weighted by atomic mass is 10.1. The monoisotopic (exact) mass is 537 g/mol. The van der Waals surface area contributed by atoms with Gasteiger partial charge in [0, 0.05) is 17.1 Å². The summed E-state index contributed by atoms with van der Waals surface area (Å²) < 4.78 is 18.8. The van der Waals surface area contributed by atoms with E-state index >= 15 is 0 Å². The lowest BCUT2D eigenvalue weighted by Crippen LogP contribution is -2.44. The Kier molecular flexibility index (Phi) is 9.78. The van der Waals surface area contributed by atoms with E-state index in [1.54, 1.807) is 50.6 Å². The number of ether oxygens (including phenoxy) is 2. The van der Waals surface area contributed by atoms with Gasteiger partial charge in [-0.05, 0) is 64.0 Å². The standard InChI is InChI=1S/C26H40ClN3O5Si/c1-10-33-23(31)22-15-21(18-12-11-13-19(27)14-18)29-30(22)20(16-28-24(32)35-25(2,3)4)17-34-36(8,9)26(5,6)7/h11-15,20H,10,16-17H2,1-9H3,(H,28,32). The molecule has 0 saturated carbocycles. The van der Waals surface area contributed by atoms with Crippen LogP contribution >= 0.6 is 11.6 Å². The Morgan fingerprint density at radius 2 is 1.81 bits per heavy atom. The zero-order valence-electron chi connectivity index (χ0n) is 22.9. The Labute approximate surface area is 220 Å². The van der Waals surface area contributed by atoms with Crippen LogP contribution in [0, 0.1) is 0 Å². The lowest BCUT2D eigenvalue weighted by Gasteiger charge is -2.37. The normalized spacial score (nSPS) is 13.3. The Balaban J connectivity index is 2.48. The molecule has 0 aliphatic heterocycles. The van der Waals surface area contributed by atoms with E-state index in [4.69, 9.17) is 30.6 Å². The van der Waals surface area contributed by atoms with Crippen molar-refractivity contribution in [3.63, 3.8) is 0 Å². The van der Waals surface area contributed by atoms with Crippen LogP contribution in [0.2, 0.25) is 23.2 Å². The van der Waals surface area contributed by atoms with Crippen LogP contribution in [0.5, 0.6) is 0 Å². The molecule has 1 N–H and O–H groups in total. The molecule has 36 heavy (non-hydrogen) atoms. The number of hydrogen-bond acceptors (Lipinski definition) is 6. The molecule has 1 atom stereocenters. The van der Waals surface area contributed by atoms with Gasteiger partial charge < -0.3 is 19.2 Å². The second-order valence-corrected chi connectivity index (χ2v) is 16.4. The zero-order chi connectivity index (χ0) is 27.3. The van der Waals surface area contributed by atoms with Gasteiger partial charge in [0.05, 0.1) is 24.9 Å². The molecule has 1 aromatic carbocycles. The Morgan fingerprint density at radius 1 is 1.14 bits per heavy atom. The van der Waals surface area contributed by atoms with Crippen molar-refractivity contribution in [2.45, 2.75) is 78.2 Å². The van der Waals surface area contributed by atoms with Crippen LogP contribution in [0.1, 0.15) is 65.0 Å². The summed E-state index contributed by atoms with van der Waals surface area (Å²) in [5.41, 5.74) is 0.950. The average Bonchev–Trinajstić information content (AvgIpc) is 3.17. The first-order valence-electron chi connectivity index (χ1n) is 12.2. The van der Waals surface area contributed by atoms with Crippen molar-refractivity contribution in [1.82, 2.24) is 15.1 Å². The minimum atomic E-state index is -2.14. The molecule has 0 bridgehead atoms. The third kappa shape index (κ3) is 8.35. The average molecular weight is 538 g/mol. The number of aromatic nitrogens is 2. The summed E-state index contributed by atoms with van der Waals surface area (Å²) in [7, 11) is -2.14. The van der Waals surface area contributed by atoms with Gasteiger partial charge in [-0.15, -0.1) is 0 Å². The second kappa shape index (κ2) is 11.8. The summed E-state index contributed by atoms with van der Waals surface area (Å²) in [6, 6.07) is 8.43. The highest BCUT2D eigenvalue weighted by Crippen LogP contribution is 2.37. The lowest BCUT2D eigenvalue weighted by molar-refractivity contribution is 0.0500. The van der Waals surface area contributed by atoms with Crippen molar-refractivity contribution in [2.75, 3.05) is 19.8 Å². The first-order chi connectivity index (χ1) is 16.5. The minimum Gasteiger partial charge on any atom is -0.461 e. The highest BCUT2D eigenvalue weighted by molar-refractivity contribution is 6.74. The maximum absolute atomic E-state index is 12.9. The van der Waals surface area contributed by atoms with Gasteiger partial charge >= 0.3 is 12.1 Å². The molecule has 1 aromatic heterocycles. The Hall–Kier alpha value is -2.36. The van der Waals surface area contributed by atoms with Crippen LogP contribution < -0.4 is 5.32 Å². The fourth-order valence-corrected chi connectivity index (χ4v) is 4.30. The summed E-state index contributed by atoms with van der Waals surface area (Å²) >= 11 is 6.19. The van der Waals surface area contributed by atoms with Crippen LogP contribution in [0.15, 0.2) is 30.3 Å². The molecular formula is C26H40ClN3O5Si. The molecule has 10 heteroatoms. The number of nitrogens with zero attached hydrogens (tertiary/aromatic N) is 2. The van der Waals surface area contributed by atoms with Crippen molar-refractivity contribution in [3.05, 3.63) is 41.0 Å². The predicted molar refractivity (Wildman–Crippen MR) is 145 cm³/mol. The molecule has 2 rings (SSSR count). The molecular weight excluding hydrogens is 498 g/mol. The van der Waals surface area contributed by atoms with E-state index in [0.717, 1.165) is 5.56 Å². The van der Waals surface area contributed by atoms with Crippen LogP contribution in [-0.4, -0.2) is 55.5 Å². The fraction of sp³-hybridized carbons (Fsp3) is 0.577. The van der Waals surface area contributed by atoms with Gasteiger partial charge in [0.15, 0.2) is 8.32 Å². The SMILES string of the molecule is CCOC(=O)c1cc(-c2cccc(Cl)c2)nn1C(CNC(=O)OC(C)(C)C)CO[Si](C)(C)C(C)(C)C. The van der Waals surface area contributed by atoms with E-state index in [-0.39, 0.29) is 30.5 Å². The van der Waals surface area contributed by atoms with E-state index in [0.29, 0.717) is 10.7 Å². The molecule has 1 amide bonds. The number of esters is 1. The molecule has 0 saturated heterocycles. The van der Waals surface area contributed by atoms with Gasteiger partial charge in [0.1, 0.15) is 11.3 Å². The van der Waals surface area contributed by atoms with Crippen molar-refractivity contribution < 1.29 is 23.5 Å². The molecule has 2 aromatic rings. The highest BCUT2D eigenvalue weighted by atomic mass is 35.5. The third-order valence-corrected chi connectivity index (χ3v) is 10.7. The fourth-order valence-electron chi connectivity index (χ4n) is 3.07. The number of carbonyl (C=O) groups is 2. The molecule has 1 unspecified atom stereocenters. The van der Waals surface area contributed by atoms with E-state index in [1.165, 1.54) is 0 Å². The molecule has 8 nitrogen and oxygen atoms in total. The maximum Gasteiger partial charge on any atom is 0.407 e. The first kappa shape index (κ1) is 29.9. The molecule has 200 valence electrons. The summed E-state index contributed by atoms with van der Waals surface area (Å²) in [6.07, 6.45) is -0.556. The number of halogens is 1. The van der Waals surface area contributed by atoms with Crippen molar-refractivity contribution in [1.29, 1.82) is 0 Å². The number of benzene rings is 1. The number of hydrogen-bond donors (Lipinski definition) is 1. The first-order valence-corrected chi connectivity index (χ1v) is 15.5. The van der Waals surface area contributed by atoms with Crippen LogP contribution in [-0.2, 0) is 13.9 Å². The Morgan fingerprint density at radius 3 is 2.36 bits per heavy atom. The molecule has 0 aliphatic rings. The molecule has 0 aliphatic carbocycles. The number of rotatable bonds is 9. The smallest absolute Gasteiger partial charge is 0.407 e. The van der Waals surface area contributed by atoms with Gasteiger partial charge in [-0.2, -0.15) is 5.10 Å². The third-order valence-electron chi connectivity index (χ3n) is 6.01. The Bertz CT molecular complexity index is 1060. The summed E-state index contributed by atoms with van der Waals surface area (Å²) in [4.78, 5) is 25.4. The van der Waals surface area contributed by atoms with Crippen LogP contribution in [0.3, 0.4) is 0 Å². The van der Waals surface area contributed by atoms with Crippen molar-refractivity contribution in [2.24, 2.45) is 0 Å². The van der Waals surface area contributed by atoms with Gasteiger partial charge in [0.2, 0.25) is 0 Å². The van der Waals surface area contributed by atoms with Crippen LogP contribution in [0.25, 0.3) is 11.3 Å². The van der Waals surface area contributed by atoms with Gasteiger partial charge in [-0.1, -0.05) is 44.5 Å². The van der Waals surface area contributed by atoms with Gasteiger partial charge in [-0.3, -0.25) is 4.68 Å². The second-order valence-electron chi connectivity index (χ2n) is 11.2. The number of nitrogens with one attached hydrogen (secondary N) is 1. The molecule has 0 radical (unpaired) electrons. The molecule has 0 spiro atoms. The quantitative estimate of drug-likeness (QED) is 0.291.